The second-order valence-electron chi connectivity index (χ2n) is 3.18. The Labute approximate surface area is 83.4 Å². The van der Waals surface area contributed by atoms with Crippen molar-refractivity contribution in [2.45, 2.75) is 19.8 Å². The van der Waals surface area contributed by atoms with Gasteiger partial charge in [-0.1, -0.05) is 13.3 Å². The minimum Gasteiger partial charge on any atom is -0.377 e. The molecule has 76 valence electrons. The van der Waals surface area contributed by atoms with Gasteiger partial charge in [-0.05, 0) is 24.6 Å². The molecule has 0 unspecified atom stereocenters. The molecule has 0 aliphatic heterocycles. The third kappa shape index (κ3) is 3.26. The first-order chi connectivity index (χ1) is 6.74. The van der Waals surface area contributed by atoms with E-state index >= 15 is 0 Å². The zero-order valence-electron chi connectivity index (χ0n) is 8.29. The van der Waals surface area contributed by atoms with Crippen LogP contribution in [0.3, 0.4) is 0 Å². The second kappa shape index (κ2) is 5.50. The maximum absolute atomic E-state index is 11.2. The van der Waals surface area contributed by atoms with Gasteiger partial charge in [-0.25, -0.2) is 0 Å². The van der Waals surface area contributed by atoms with Crippen LogP contribution in [0.2, 0.25) is 0 Å². The molecule has 3 heteroatoms. The van der Waals surface area contributed by atoms with E-state index in [1.165, 1.54) is 18.2 Å². The Balaban J connectivity index is 2.36. The third-order valence-corrected chi connectivity index (χ3v) is 1.93. The molecule has 0 fully saturated rings. The molecule has 3 nitrogen and oxygen atoms in total. The smallest absolute Gasteiger partial charge is 0.184 e. The first-order valence-corrected chi connectivity index (χ1v) is 4.78. The molecule has 14 heavy (non-hydrogen) atoms. The van der Waals surface area contributed by atoms with E-state index in [0.29, 0.717) is 12.2 Å². The Morgan fingerprint density at radius 1 is 1.29 bits per heavy atom. The molecule has 0 N–H and O–H groups in total. The van der Waals surface area contributed by atoms with E-state index in [-0.39, 0.29) is 18.2 Å². The lowest BCUT2D eigenvalue weighted by Gasteiger charge is -2.07. The van der Waals surface area contributed by atoms with Crippen LogP contribution in [-0.2, 0) is 14.3 Å². The zero-order chi connectivity index (χ0) is 10.4. The minimum absolute atomic E-state index is 0.124. The maximum Gasteiger partial charge on any atom is 0.184 e. The van der Waals surface area contributed by atoms with E-state index in [1.54, 1.807) is 0 Å². The Morgan fingerprint density at radius 2 is 2.07 bits per heavy atom. The summed E-state index contributed by atoms with van der Waals surface area (Å²) in [5.41, 5.74) is 0.452. The van der Waals surface area contributed by atoms with Gasteiger partial charge >= 0.3 is 0 Å². The summed E-state index contributed by atoms with van der Waals surface area (Å²) >= 11 is 0. The molecule has 1 rings (SSSR count). The number of hydrogen-bond donors (Lipinski definition) is 0. The van der Waals surface area contributed by atoms with Crippen molar-refractivity contribution in [3.8, 4) is 0 Å². The third-order valence-electron chi connectivity index (χ3n) is 1.93. The minimum atomic E-state index is -0.140. The lowest BCUT2D eigenvalue weighted by atomic mass is 10.1. The highest BCUT2D eigenvalue weighted by Crippen LogP contribution is 2.06. The number of hydrogen-bond acceptors (Lipinski definition) is 3. The van der Waals surface area contributed by atoms with Crippen LogP contribution in [0, 0.1) is 0 Å². The summed E-state index contributed by atoms with van der Waals surface area (Å²) in [5, 5.41) is 0. The molecule has 0 amide bonds. The molecular weight excluding hydrogens is 180 g/mol. The molecule has 0 spiro atoms. The normalized spacial score (nSPS) is 15.9. The van der Waals surface area contributed by atoms with Crippen LogP contribution in [0.25, 0.3) is 0 Å². The van der Waals surface area contributed by atoms with Crippen molar-refractivity contribution in [1.29, 1.82) is 0 Å². The molecule has 0 heterocycles. The molecule has 0 radical (unpaired) electrons. The van der Waals surface area contributed by atoms with Gasteiger partial charge in [0.2, 0.25) is 0 Å². The fourth-order valence-corrected chi connectivity index (χ4v) is 1.10. The van der Waals surface area contributed by atoms with Crippen LogP contribution >= 0.6 is 0 Å². The number of rotatable bonds is 5. The zero-order valence-corrected chi connectivity index (χ0v) is 8.29. The number of carbonyl (C=O) groups is 2. The lowest BCUT2D eigenvalue weighted by Crippen LogP contribution is -2.13. The second-order valence-corrected chi connectivity index (χ2v) is 3.18. The molecule has 0 aromatic carbocycles. The predicted molar refractivity (Wildman–Crippen MR) is 53.0 cm³/mol. The van der Waals surface area contributed by atoms with E-state index < -0.39 is 0 Å². The number of ether oxygens (including phenoxy) is 1. The van der Waals surface area contributed by atoms with Crippen molar-refractivity contribution in [3.05, 3.63) is 23.8 Å². The van der Waals surface area contributed by atoms with Crippen molar-refractivity contribution in [3.63, 3.8) is 0 Å². The van der Waals surface area contributed by atoms with Crippen LogP contribution < -0.4 is 0 Å². The van der Waals surface area contributed by atoms with Crippen molar-refractivity contribution in [2.24, 2.45) is 0 Å². The molecule has 0 saturated heterocycles. The predicted octanol–water partition coefficient (Wildman–Crippen LogP) is 1.44. The number of ketones is 2. The standard InChI is InChI=1S/C11H14O3/c1-2-3-6-14-8-9-7-10(12)4-5-11(9)13/h4-5,7H,2-3,6,8H2,1H3. The molecule has 0 bridgehead atoms. The first-order valence-electron chi connectivity index (χ1n) is 4.78. The highest BCUT2D eigenvalue weighted by atomic mass is 16.5. The highest BCUT2D eigenvalue weighted by Gasteiger charge is 2.12. The van der Waals surface area contributed by atoms with Gasteiger partial charge in [-0.2, -0.15) is 0 Å². The summed E-state index contributed by atoms with van der Waals surface area (Å²) in [5.74, 6) is -0.264. The van der Waals surface area contributed by atoms with Gasteiger partial charge in [0.1, 0.15) is 0 Å². The number of unbranched alkanes of at least 4 members (excludes halogenated alkanes) is 1. The first kappa shape index (κ1) is 10.9. The van der Waals surface area contributed by atoms with Gasteiger partial charge in [0, 0.05) is 12.2 Å². The molecule has 0 aromatic rings. The van der Waals surface area contributed by atoms with Gasteiger partial charge in [0.15, 0.2) is 11.6 Å². The van der Waals surface area contributed by atoms with E-state index in [2.05, 4.69) is 6.92 Å². The Bertz CT molecular complexity index is 287. The summed E-state index contributed by atoms with van der Waals surface area (Å²) in [6, 6.07) is 0. The monoisotopic (exact) mass is 194 g/mol. The number of allylic oxidation sites excluding steroid dienone is 3. The fraction of sp³-hybridized carbons (Fsp3) is 0.455. The van der Waals surface area contributed by atoms with Crippen LogP contribution in [0.4, 0.5) is 0 Å². The van der Waals surface area contributed by atoms with Crippen molar-refractivity contribution < 1.29 is 14.3 Å². The van der Waals surface area contributed by atoms with E-state index in [0.717, 1.165) is 12.8 Å². The van der Waals surface area contributed by atoms with Crippen LogP contribution in [0.5, 0.6) is 0 Å². The Morgan fingerprint density at radius 3 is 2.79 bits per heavy atom. The SMILES string of the molecule is CCCCOCC1=CC(=O)C=CC1=O. The van der Waals surface area contributed by atoms with Crippen LogP contribution in [0.1, 0.15) is 19.8 Å². The van der Waals surface area contributed by atoms with Crippen molar-refractivity contribution in [2.75, 3.05) is 13.2 Å². The largest absolute Gasteiger partial charge is 0.377 e. The van der Waals surface area contributed by atoms with Crippen molar-refractivity contribution >= 4 is 11.6 Å². The van der Waals surface area contributed by atoms with Gasteiger partial charge in [0.05, 0.1) is 6.61 Å². The van der Waals surface area contributed by atoms with Gasteiger partial charge < -0.3 is 4.74 Å². The van der Waals surface area contributed by atoms with Crippen LogP contribution in [-0.4, -0.2) is 24.8 Å². The van der Waals surface area contributed by atoms with E-state index in [1.807, 2.05) is 0 Å². The summed E-state index contributed by atoms with van der Waals surface area (Å²) in [7, 11) is 0. The summed E-state index contributed by atoms with van der Waals surface area (Å²) < 4.78 is 5.26. The van der Waals surface area contributed by atoms with E-state index in [4.69, 9.17) is 4.74 Å². The molecule has 0 saturated carbocycles. The molecule has 1 aliphatic rings. The molecule has 0 atom stereocenters. The Kier molecular flexibility index (Phi) is 4.26. The van der Waals surface area contributed by atoms with Gasteiger partial charge in [-0.15, -0.1) is 0 Å². The van der Waals surface area contributed by atoms with Gasteiger partial charge in [0.25, 0.3) is 0 Å². The van der Waals surface area contributed by atoms with Crippen molar-refractivity contribution in [1.82, 2.24) is 0 Å². The maximum atomic E-state index is 11.2. The average molecular weight is 194 g/mol. The summed E-state index contributed by atoms with van der Waals surface area (Å²) in [4.78, 5) is 22.2. The van der Waals surface area contributed by atoms with E-state index in [9.17, 15) is 9.59 Å². The molecular formula is C11H14O3. The number of carbonyl (C=O) groups excluding carboxylic acids is 2. The van der Waals surface area contributed by atoms with Gasteiger partial charge in [-0.3, -0.25) is 9.59 Å². The quantitative estimate of drug-likeness (QED) is 0.491. The molecule has 1 aliphatic carbocycles. The summed E-state index contributed by atoms with van der Waals surface area (Å²) in [6.45, 7) is 2.95. The average Bonchev–Trinajstić information content (AvgIpc) is 2.18. The summed E-state index contributed by atoms with van der Waals surface area (Å²) in [6.07, 6.45) is 5.95. The lowest BCUT2D eigenvalue weighted by molar-refractivity contribution is -0.115. The fourth-order valence-electron chi connectivity index (χ4n) is 1.10. The molecule has 0 aromatic heterocycles. The van der Waals surface area contributed by atoms with Crippen LogP contribution in [0.15, 0.2) is 23.8 Å². The topological polar surface area (TPSA) is 43.4 Å². The Hall–Kier alpha value is -1.22. The highest BCUT2D eigenvalue weighted by molar-refractivity contribution is 6.17.